The summed E-state index contributed by atoms with van der Waals surface area (Å²) in [5, 5.41) is 0. The molecular weight excluding hydrogens is 576 g/mol. The zero-order valence-electron chi connectivity index (χ0n) is 25.6. The van der Waals surface area contributed by atoms with Crippen molar-refractivity contribution in [3.63, 3.8) is 0 Å². The zero-order chi connectivity index (χ0) is 31.7. The van der Waals surface area contributed by atoms with E-state index in [9.17, 15) is 9.59 Å². The molecule has 0 saturated carbocycles. The van der Waals surface area contributed by atoms with E-state index in [4.69, 9.17) is 4.74 Å². The summed E-state index contributed by atoms with van der Waals surface area (Å²) < 4.78 is 5.06. The minimum atomic E-state index is -0.742. The lowest BCUT2D eigenvalue weighted by Crippen LogP contribution is -2.52. The normalized spacial score (nSPS) is 13.2. The number of benzene rings is 3. The van der Waals surface area contributed by atoms with E-state index in [1.807, 2.05) is 71.6 Å². The van der Waals surface area contributed by atoms with Gasteiger partial charge in [-0.25, -0.2) is 19.9 Å². The molecule has 0 spiro atoms. The number of rotatable bonds is 10. The molecule has 1 atom stereocenters. The predicted octanol–water partition coefficient (Wildman–Crippen LogP) is 5.18. The summed E-state index contributed by atoms with van der Waals surface area (Å²) in [6, 6.07) is 27.1. The average molecular weight is 611 g/mol. The highest BCUT2D eigenvalue weighted by Crippen LogP contribution is 2.24. The van der Waals surface area contributed by atoms with Gasteiger partial charge in [-0.3, -0.25) is 9.59 Å². The standard InChI is InChI=1S/C37H34N6O3/c1-46-37-40-23-29(24-41-37)14-17-34(44)43(25-28-12-15-31(16-13-28)35-38-19-7-20-39-35)33(22-27-8-3-2-4-9-27)36(45)42-21-18-30-10-5-6-11-32(30)26-42/h2-17,19-20,23-24,33H,18,21-22,25-26H2,1H3/t33-/m0/s1. The molecule has 2 aromatic heterocycles. The lowest BCUT2D eigenvalue weighted by molar-refractivity contribution is -0.144. The molecule has 0 bridgehead atoms. The molecule has 230 valence electrons. The maximum atomic E-state index is 14.5. The minimum Gasteiger partial charge on any atom is -0.467 e. The number of carbonyl (C=O) groups is 2. The summed E-state index contributed by atoms with van der Waals surface area (Å²) in [5.41, 5.74) is 5.75. The molecule has 1 aliphatic heterocycles. The van der Waals surface area contributed by atoms with Gasteiger partial charge in [0.15, 0.2) is 5.82 Å². The summed E-state index contributed by atoms with van der Waals surface area (Å²) in [4.78, 5) is 49.1. The van der Waals surface area contributed by atoms with Crippen LogP contribution in [0.15, 0.2) is 116 Å². The largest absolute Gasteiger partial charge is 0.467 e. The predicted molar refractivity (Wildman–Crippen MR) is 175 cm³/mol. The molecule has 0 radical (unpaired) electrons. The molecule has 3 heterocycles. The highest BCUT2D eigenvalue weighted by Gasteiger charge is 2.34. The lowest BCUT2D eigenvalue weighted by atomic mass is 9.97. The van der Waals surface area contributed by atoms with Gasteiger partial charge in [0.05, 0.1) is 7.11 Å². The van der Waals surface area contributed by atoms with Crippen LogP contribution in [0.25, 0.3) is 17.5 Å². The molecule has 9 nitrogen and oxygen atoms in total. The molecule has 1 aliphatic rings. The van der Waals surface area contributed by atoms with E-state index in [0.717, 1.165) is 28.7 Å². The molecule has 0 N–H and O–H groups in total. The molecule has 6 rings (SSSR count). The van der Waals surface area contributed by atoms with E-state index in [-0.39, 0.29) is 24.4 Å². The summed E-state index contributed by atoms with van der Waals surface area (Å²) >= 11 is 0. The van der Waals surface area contributed by atoms with Crippen LogP contribution in [0, 0.1) is 0 Å². The van der Waals surface area contributed by atoms with Crippen LogP contribution >= 0.6 is 0 Å². The van der Waals surface area contributed by atoms with Crippen LogP contribution in [0.1, 0.15) is 27.8 Å². The van der Waals surface area contributed by atoms with Crippen molar-refractivity contribution in [3.05, 3.63) is 144 Å². The third-order valence-electron chi connectivity index (χ3n) is 8.04. The molecule has 0 unspecified atom stereocenters. The van der Waals surface area contributed by atoms with Crippen molar-refractivity contribution in [2.45, 2.75) is 32.0 Å². The van der Waals surface area contributed by atoms with Gasteiger partial charge < -0.3 is 14.5 Å². The average Bonchev–Trinajstić information content (AvgIpc) is 3.13. The van der Waals surface area contributed by atoms with Gasteiger partial charge in [-0.05, 0) is 40.8 Å². The third kappa shape index (κ3) is 7.32. The number of hydrogen-bond donors (Lipinski definition) is 0. The van der Waals surface area contributed by atoms with Gasteiger partial charge in [-0.15, -0.1) is 0 Å². The SMILES string of the molecule is COc1ncc(C=CC(=O)N(Cc2ccc(-c3ncccn3)cc2)[C@@H](Cc2ccccc2)C(=O)N2CCc3ccccc3C2)cn1. The van der Waals surface area contributed by atoms with Gasteiger partial charge in [-0.1, -0.05) is 78.9 Å². The Morgan fingerprint density at radius 2 is 1.54 bits per heavy atom. The Morgan fingerprint density at radius 3 is 2.26 bits per heavy atom. The van der Waals surface area contributed by atoms with Crippen molar-refractivity contribution in [2.75, 3.05) is 13.7 Å². The number of ether oxygens (including phenoxy) is 1. The van der Waals surface area contributed by atoms with E-state index in [2.05, 4.69) is 32.1 Å². The molecule has 2 amide bonds. The molecule has 46 heavy (non-hydrogen) atoms. The Balaban J connectivity index is 1.34. The van der Waals surface area contributed by atoms with Crippen molar-refractivity contribution < 1.29 is 14.3 Å². The minimum absolute atomic E-state index is 0.0813. The topological polar surface area (TPSA) is 101 Å². The van der Waals surface area contributed by atoms with Crippen molar-refractivity contribution in [1.29, 1.82) is 0 Å². The Bertz CT molecular complexity index is 1800. The number of amides is 2. The van der Waals surface area contributed by atoms with Gasteiger partial charge in [0.1, 0.15) is 6.04 Å². The Labute approximate surface area is 268 Å². The maximum absolute atomic E-state index is 14.5. The number of aromatic nitrogens is 4. The van der Waals surface area contributed by atoms with Crippen LogP contribution in [0.4, 0.5) is 0 Å². The Morgan fingerprint density at radius 1 is 0.848 bits per heavy atom. The van der Waals surface area contributed by atoms with Gasteiger partial charge in [0.2, 0.25) is 11.8 Å². The van der Waals surface area contributed by atoms with Crippen molar-refractivity contribution in [1.82, 2.24) is 29.7 Å². The molecule has 0 fully saturated rings. The number of hydrogen-bond acceptors (Lipinski definition) is 7. The fraction of sp³-hybridized carbons (Fsp3) is 0.189. The number of fused-ring (bicyclic) bond motifs is 1. The molecular formula is C37H34N6O3. The highest BCUT2D eigenvalue weighted by atomic mass is 16.5. The van der Waals surface area contributed by atoms with Crippen LogP contribution < -0.4 is 4.74 Å². The van der Waals surface area contributed by atoms with Crippen LogP contribution in [-0.4, -0.2) is 61.2 Å². The van der Waals surface area contributed by atoms with E-state index >= 15 is 0 Å². The summed E-state index contributed by atoms with van der Waals surface area (Å²) in [5.74, 6) is 0.245. The Hall–Kier alpha value is -5.70. The fourth-order valence-corrected chi connectivity index (χ4v) is 5.59. The Kier molecular flexibility index (Phi) is 9.49. The smallest absolute Gasteiger partial charge is 0.316 e. The van der Waals surface area contributed by atoms with Gasteiger partial charge >= 0.3 is 6.01 Å². The quantitative estimate of drug-likeness (QED) is 0.201. The third-order valence-corrected chi connectivity index (χ3v) is 8.04. The highest BCUT2D eigenvalue weighted by molar-refractivity contribution is 5.95. The van der Waals surface area contributed by atoms with E-state index in [1.54, 1.807) is 41.8 Å². The summed E-state index contributed by atoms with van der Waals surface area (Å²) in [6.07, 6.45) is 10.9. The van der Waals surface area contributed by atoms with E-state index in [1.165, 1.54) is 18.7 Å². The zero-order valence-corrected chi connectivity index (χ0v) is 25.6. The molecule has 9 heteroatoms. The second-order valence-corrected chi connectivity index (χ2v) is 11.1. The first kappa shape index (κ1) is 30.3. The monoisotopic (exact) mass is 610 g/mol. The van der Waals surface area contributed by atoms with Crippen LogP contribution in [-0.2, 0) is 35.5 Å². The van der Waals surface area contributed by atoms with Crippen molar-refractivity contribution in [2.24, 2.45) is 0 Å². The molecule has 5 aromatic rings. The van der Waals surface area contributed by atoms with E-state index < -0.39 is 6.04 Å². The number of carbonyl (C=O) groups excluding carboxylic acids is 2. The van der Waals surface area contributed by atoms with Gasteiger partial charge in [-0.2, -0.15) is 0 Å². The van der Waals surface area contributed by atoms with E-state index in [0.29, 0.717) is 30.9 Å². The second-order valence-electron chi connectivity index (χ2n) is 11.1. The van der Waals surface area contributed by atoms with Crippen LogP contribution in [0.5, 0.6) is 6.01 Å². The molecule has 0 aliphatic carbocycles. The summed E-state index contributed by atoms with van der Waals surface area (Å²) in [7, 11) is 1.50. The first-order valence-corrected chi connectivity index (χ1v) is 15.2. The fourth-order valence-electron chi connectivity index (χ4n) is 5.59. The van der Waals surface area contributed by atoms with Crippen molar-refractivity contribution >= 4 is 17.9 Å². The number of nitrogens with zero attached hydrogens (tertiary/aromatic N) is 6. The maximum Gasteiger partial charge on any atom is 0.316 e. The van der Waals surface area contributed by atoms with Crippen molar-refractivity contribution in [3.8, 4) is 17.4 Å². The second kappa shape index (κ2) is 14.4. The first-order valence-electron chi connectivity index (χ1n) is 15.2. The van der Waals surface area contributed by atoms with Gasteiger partial charge in [0, 0.05) is 68.0 Å². The van der Waals surface area contributed by atoms with Crippen LogP contribution in [0.2, 0.25) is 0 Å². The first-order chi connectivity index (χ1) is 22.6. The van der Waals surface area contributed by atoms with Crippen LogP contribution in [0.3, 0.4) is 0 Å². The molecule has 0 saturated heterocycles. The summed E-state index contributed by atoms with van der Waals surface area (Å²) in [6.45, 7) is 1.33. The molecule has 3 aromatic carbocycles. The van der Waals surface area contributed by atoms with Gasteiger partial charge in [0.25, 0.3) is 0 Å². The lowest BCUT2D eigenvalue weighted by Gasteiger charge is -2.37. The number of methoxy groups -OCH3 is 1.